The Hall–Kier alpha value is -3.66. The van der Waals surface area contributed by atoms with Crippen molar-refractivity contribution in [3.8, 4) is 24.4 Å². The highest BCUT2D eigenvalue weighted by Crippen LogP contribution is 2.31. The number of carbonyl (C=O) groups is 1. The van der Waals surface area contributed by atoms with Gasteiger partial charge in [0.15, 0.2) is 11.5 Å². The fourth-order valence-corrected chi connectivity index (χ4v) is 3.18. The van der Waals surface area contributed by atoms with Crippen molar-refractivity contribution in [2.45, 2.75) is 25.8 Å². The summed E-state index contributed by atoms with van der Waals surface area (Å²) in [7, 11) is 0. The van der Waals surface area contributed by atoms with Gasteiger partial charge < -0.3 is 15.5 Å². The smallest absolute Gasteiger partial charge is 0.274 e. The molecule has 1 aliphatic carbocycles. The van der Waals surface area contributed by atoms with Gasteiger partial charge in [-0.2, -0.15) is 0 Å². The maximum Gasteiger partial charge on any atom is 0.274 e. The van der Waals surface area contributed by atoms with Crippen LogP contribution >= 0.6 is 0 Å². The van der Waals surface area contributed by atoms with Crippen LogP contribution in [0.3, 0.4) is 0 Å². The third kappa shape index (κ3) is 3.51. The van der Waals surface area contributed by atoms with Gasteiger partial charge in [0.2, 0.25) is 5.89 Å². The maximum absolute atomic E-state index is 12.6. The molecule has 0 radical (unpaired) electrons. The standard InChI is InChI=1S/C18H17N5O2.C2H2/c1-10-14(18-20-8-9-25-18)23-16(19)15(21-10)17(24)22-13-7-6-11-4-2-3-5-12(11)13;1-2/h2-5,8-9,13H,6-7H2,1H3,(H2,19,23)(H,22,24);1-2H/t13-;/m1./s1. The molecule has 136 valence electrons. The number of hydrogen-bond acceptors (Lipinski definition) is 6. The van der Waals surface area contributed by atoms with Gasteiger partial charge >= 0.3 is 0 Å². The molecule has 2 aromatic heterocycles. The molecular weight excluding hydrogens is 342 g/mol. The summed E-state index contributed by atoms with van der Waals surface area (Å²) in [6, 6.07) is 8.09. The lowest BCUT2D eigenvalue weighted by Crippen LogP contribution is -2.29. The van der Waals surface area contributed by atoms with Crippen molar-refractivity contribution >= 4 is 11.7 Å². The van der Waals surface area contributed by atoms with E-state index in [4.69, 9.17) is 10.2 Å². The molecule has 0 saturated carbocycles. The first-order chi connectivity index (χ1) is 13.1. The molecule has 0 spiro atoms. The molecule has 3 N–H and O–H groups in total. The van der Waals surface area contributed by atoms with Gasteiger partial charge in [0.25, 0.3) is 5.91 Å². The predicted octanol–water partition coefficient (Wildman–Crippen LogP) is 2.69. The number of fused-ring (bicyclic) bond motifs is 1. The number of nitrogens with two attached hydrogens (primary N) is 1. The van der Waals surface area contributed by atoms with Crippen molar-refractivity contribution < 1.29 is 9.21 Å². The molecule has 3 aromatic rings. The number of benzene rings is 1. The average molecular weight is 361 g/mol. The summed E-state index contributed by atoms with van der Waals surface area (Å²) in [6.07, 6.45) is 12.8. The van der Waals surface area contributed by atoms with E-state index in [1.54, 1.807) is 6.92 Å². The van der Waals surface area contributed by atoms with Gasteiger partial charge in [-0.15, -0.1) is 12.8 Å². The Bertz CT molecular complexity index is 979. The molecule has 1 atom stereocenters. The lowest BCUT2D eigenvalue weighted by atomic mass is 10.1. The Labute approximate surface area is 157 Å². The van der Waals surface area contributed by atoms with Crippen molar-refractivity contribution in [2.75, 3.05) is 5.73 Å². The Balaban J connectivity index is 0.00000102. The lowest BCUT2D eigenvalue weighted by Gasteiger charge is -2.15. The van der Waals surface area contributed by atoms with Gasteiger partial charge in [0.1, 0.15) is 12.0 Å². The average Bonchev–Trinajstić information content (AvgIpc) is 3.35. The topological polar surface area (TPSA) is 107 Å². The van der Waals surface area contributed by atoms with Crippen molar-refractivity contribution in [2.24, 2.45) is 0 Å². The molecule has 2 heterocycles. The highest BCUT2D eigenvalue weighted by atomic mass is 16.3. The van der Waals surface area contributed by atoms with Crippen LogP contribution in [0.4, 0.5) is 5.82 Å². The fourth-order valence-electron chi connectivity index (χ4n) is 3.18. The van der Waals surface area contributed by atoms with Crippen LogP contribution in [0, 0.1) is 19.8 Å². The number of amides is 1. The van der Waals surface area contributed by atoms with Crippen LogP contribution in [0.25, 0.3) is 11.6 Å². The Morgan fingerprint density at radius 2 is 2.07 bits per heavy atom. The zero-order valence-electron chi connectivity index (χ0n) is 14.8. The number of anilines is 1. The van der Waals surface area contributed by atoms with Crippen LogP contribution in [0.1, 0.15) is 39.8 Å². The zero-order valence-corrected chi connectivity index (χ0v) is 14.8. The molecule has 1 aromatic carbocycles. The first-order valence-electron chi connectivity index (χ1n) is 8.39. The van der Waals surface area contributed by atoms with Crippen LogP contribution in [-0.4, -0.2) is 20.9 Å². The minimum atomic E-state index is -0.325. The number of nitrogens with zero attached hydrogens (tertiary/aromatic N) is 3. The summed E-state index contributed by atoms with van der Waals surface area (Å²) in [5, 5.41) is 3.01. The molecule has 4 rings (SSSR count). The number of aromatic nitrogens is 3. The minimum Gasteiger partial charge on any atom is -0.443 e. The number of rotatable bonds is 3. The monoisotopic (exact) mass is 361 g/mol. The zero-order chi connectivity index (χ0) is 19.4. The number of nitrogens with one attached hydrogen (secondary N) is 1. The number of nitrogen functional groups attached to an aromatic ring is 1. The maximum atomic E-state index is 12.6. The lowest BCUT2D eigenvalue weighted by molar-refractivity contribution is 0.0932. The van der Waals surface area contributed by atoms with Crippen LogP contribution in [0.5, 0.6) is 0 Å². The Morgan fingerprint density at radius 1 is 1.30 bits per heavy atom. The minimum absolute atomic E-state index is 0.0309. The largest absolute Gasteiger partial charge is 0.443 e. The molecule has 27 heavy (non-hydrogen) atoms. The van der Waals surface area contributed by atoms with E-state index in [1.165, 1.54) is 18.0 Å². The third-order valence-electron chi connectivity index (χ3n) is 4.39. The highest BCUT2D eigenvalue weighted by Gasteiger charge is 2.26. The van der Waals surface area contributed by atoms with Crippen molar-refractivity contribution in [3.63, 3.8) is 0 Å². The second kappa shape index (κ2) is 7.70. The summed E-state index contributed by atoms with van der Waals surface area (Å²) in [4.78, 5) is 25.3. The Kier molecular flexibility index (Phi) is 5.18. The number of oxazole rings is 1. The van der Waals surface area contributed by atoms with E-state index < -0.39 is 0 Å². The number of carbonyl (C=O) groups excluding carboxylic acids is 1. The number of terminal acetylenes is 1. The molecule has 0 bridgehead atoms. The van der Waals surface area contributed by atoms with E-state index in [0.29, 0.717) is 17.3 Å². The van der Waals surface area contributed by atoms with E-state index >= 15 is 0 Å². The van der Waals surface area contributed by atoms with E-state index in [9.17, 15) is 4.79 Å². The molecule has 1 aliphatic rings. The van der Waals surface area contributed by atoms with Gasteiger partial charge in [0, 0.05) is 0 Å². The normalized spacial score (nSPS) is 14.7. The summed E-state index contributed by atoms with van der Waals surface area (Å²) in [6.45, 7) is 1.74. The fraction of sp³-hybridized carbons (Fsp3) is 0.200. The second-order valence-electron chi connectivity index (χ2n) is 5.99. The number of hydrogen-bond donors (Lipinski definition) is 2. The number of aryl methyl sites for hydroxylation is 2. The van der Waals surface area contributed by atoms with E-state index in [-0.39, 0.29) is 23.5 Å². The molecule has 0 saturated heterocycles. The molecule has 7 heteroatoms. The molecule has 0 unspecified atom stereocenters. The van der Waals surface area contributed by atoms with Crippen LogP contribution in [0.15, 0.2) is 41.1 Å². The first-order valence-corrected chi connectivity index (χ1v) is 8.39. The van der Waals surface area contributed by atoms with Crippen LogP contribution in [0.2, 0.25) is 0 Å². The molecular formula is C20H19N5O2. The van der Waals surface area contributed by atoms with Crippen LogP contribution < -0.4 is 11.1 Å². The Morgan fingerprint density at radius 3 is 2.81 bits per heavy atom. The molecule has 0 aliphatic heterocycles. The van der Waals surface area contributed by atoms with E-state index in [2.05, 4.69) is 39.2 Å². The van der Waals surface area contributed by atoms with Crippen LogP contribution in [-0.2, 0) is 6.42 Å². The van der Waals surface area contributed by atoms with Crippen molar-refractivity contribution in [1.82, 2.24) is 20.3 Å². The molecule has 7 nitrogen and oxygen atoms in total. The quantitative estimate of drug-likeness (QED) is 0.695. The highest BCUT2D eigenvalue weighted by molar-refractivity contribution is 5.97. The van der Waals surface area contributed by atoms with Gasteiger partial charge in [0.05, 0.1) is 17.9 Å². The summed E-state index contributed by atoms with van der Waals surface area (Å²) in [5.74, 6) is 0.0599. The van der Waals surface area contributed by atoms with Gasteiger partial charge in [-0.3, -0.25) is 4.79 Å². The molecule has 1 amide bonds. The van der Waals surface area contributed by atoms with E-state index in [1.807, 2.05) is 18.2 Å². The van der Waals surface area contributed by atoms with Gasteiger partial charge in [-0.1, -0.05) is 24.3 Å². The summed E-state index contributed by atoms with van der Waals surface area (Å²) < 4.78 is 5.23. The first kappa shape index (κ1) is 18.1. The van der Waals surface area contributed by atoms with Gasteiger partial charge in [-0.25, -0.2) is 15.0 Å². The van der Waals surface area contributed by atoms with Crippen molar-refractivity contribution in [3.05, 3.63) is 59.2 Å². The second-order valence-corrected chi connectivity index (χ2v) is 5.99. The summed E-state index contributed by atoms with van der Waals surface area (Å²) >= 11 is 0. The summed E-state index contributed by atoms with van der Waals surface area (Å²) in [5.41, 5.74) is 9.47. The van der Waals surface area contributed by atoms with Gasteiger partial charge in [-0.05, 0) is 30.9 Å². The van der Waals surface area contributed by atoms with Crippen molar-refractivity contribution in [1.29, 1.82) is 0 Å². The predicted molar refractivity (Wildman–Crippen MR) is 102 cm³/mol. The van der Waals surface area contributed by atoms with E-state index in [0.717, 1.165) is 18.4 Å². The third-order valence-corrected chi connectivity index (χ3v) is 4.39. The molecule has 0 fully saturated rings. The SMILES string of the molecule is C#C.Cc1nc(C(=O)N[C@@H]2CCc3ccccc32)c(N)nc1-c1ncco1.